The number of hydrogen-bond donors (Lipinski definition) is 3. The highest BCUT2D eigenvalue weighted by Crippen LogP contribution is 2.24. The fraction of sp³-hybridized carbons (Fsp3) is 0.565. The standard InChI is InChI=1S/C23H37N5O/c1-6-24-21(26-18-23(4,29)20-15-27-28(5)16-20)25-17-22(2,3)14-10-13-19-11-8-7-9-12-19/h7-9,11-12,15-16,29H,6,10,13-14,17-18H2,1-5H3,(H2,24,25,26). The van der Waals surface area contributed by atoms with Crippen LogP contribution in [0.15, 0.2) is 47.7 Å². The Labute approximate surface area is 175 Å². The molecular weight excluding hydrogens is 362 g/mol. The molecule has 1 aromatic heterocycles. The van der Waals surface area contributed by atoms with E-state index in [1.165, 1.54) is 5.56 Å². The van der Waals surface area contributed by atoms with Crippen LogP contribution < -0.4 is 10.6 Å². The van der Waals surface area contributed by atoms with E-state index in [1.807, 2.05) is 20.2 Å². The number of benzene rings is 1. The van der Waals surface area contributed by atoms with Crippen LogP contribution in [0.25, 0.3) is 0 Å². The highest BCUT2D eigenvalue weighted by atomic mass is 16.3. The molecule has 29 heavy (non-hydrogen) atoms. The van der Waals surface area contributed by atoms with Gasteiger partial charge in [0.15, 0.2) is 5.96 Å². The number of aryl methyl sites for hydroxylation is 2. The fourth-order valence-electron chi connectivity index (χ4n) is 3.19. The Hall–Kier alpha value is -2.34. The highest BCUT2D eigenvalue weighted by molar-refractivity contribution is 5.79. The summed E-state index contributed by atoms with van der Waals surface area (Å²) in [4.78, 5) is 4.78. The van der Waals surface area contributed by atoms with Crippen LogP contribution in [0, 0.1) is 5.41 Å². The molecule has 0 radical (unpaired) electrons. The zero-order chi connectivity index (χ0) is 21.3. The first kappa shape index (κ1) is 22.9. The summed E-state index contributed by atoms with van der Waals surface area (Å²) in [5, 5.41) is 21.5. The van der Waals surface area contributed by atoms with E-state index >= 15 is 0 Å². The molecule has 6 heteroatoms. The molecular formula is C23H37N5O. The van der Waals surface area contributed by atoms with Gasteiger partial charge in [0.2, 0.25) is 0 Å². The fourth-order valence-corrected chi connectivity index (χ4v) is 3.19. The van der Waals surface area contributed by atoms with Gasteiger partial charge in [0, 0.05) is 31.9 Å². The molecule has 0 aliphatic carbocycles. The van der Waals surface area contributed by atoms with E-state index in [9.17, 15) is 5.11 Å². The second kappa shape index (κ2) is 10.4. The average molecular weight is 400 g/mol. The van der Waals surface area contributed by atoms with Crippen LogP contribution in [0.4, 0.5) is 0 Å². The molecule has 2 aromatic rings. The first-order valence-corrected chi connectivity index (χ1v) is 10.5. The van der Waals surface area contributed by atoms with E-state index in [0.29, 0.717) is 6.54 Å². The number of rotatable bonds is 10. The lowest BCUT2D eigenvalue weighted by molar-refractivity contribution is 0.0616. The normalized spacial score (nSPS) is 14.5. The summed E-state index contributed by atoms with van der Waals surface area (Å²) in [5.74, 6) is 0.729. The molecule has 6 nitrogen and oxygen atoms in total. The Morgan fingerprint density at radius 3 is 2.52 bits per heavy atom. The lowest BCUT2D eigenvalue weighted by Crippen LogP contribution is -2.44. The largest absolute Gasteiger partial charge is 0.383 e. The Morgan fingerprint density at radius 1 is 1.17 bits per heavy atom. The van der Waals surface area contributed by atoms with Gasteiger partial charge in [-0.2, -0.15) is 5.10 Å². The Morgan fingerprint density at radius 2 is 1.90 bits per heavy atom. The van der Waals surface area contributed by atoms with Crippen LogP contribution in [-0.4, -0.2) is 40.5 Å². The van der Waals surface area contributed by atoms with Gasteiger partial charge in [-0.25, -0.2) is 0 Å². The quantitative estimate of drug-likeness (QED) is 0.424. The molecule has 0 fully saturated rings. The van der Waals surface area contributed by atoms with Crippen LogP contribution in [0.2, 0.25) is 0 Å². The van der Waals surface area contributed by atoms with Gasteiger partial charge in [-0.1, -0.05) is 44.2 Å². The van der Waals surface area contributed by atoms with Crippen molar-refractivity contribution < 1.29 is 5.11 Å². The second-order valence-corrected chi connectivity index (χ2v) is 8.73. The van der Waals surface area contributed by atoms with Crippen molar-refractivity contribution >= 4 is 5.96 Å². The van der Waals surface area contributed by atoms with Crippen LogP contribution in [0.5, 0.6) is 0 Å². The third-order valence-electron chi connectivity index (χ3n) is 5.10. The summed E-state index contributed by atoms with van der Waals surface area (Å²) >= 11 is 0. The van der Waals surface area contributed by atoms with E-state index in [4.69, 9.17) is 4.99 Å². The zero-order valence-corrected chi connectivity index (χ0v) is 18.6. The minimum absolute atomic E-state index is 0.114. The van der Waals surface area contributed by atoms with Crippen molar-refractivity contribution in [1.82, 2.24) is 20.4 Å². The molecule has 1 heterocycles. The van der Waals surface area contributed by atoms with Crippen molar-refractivity contribution in [2.45, 2.75) is 52.6 Å². The van der Waals surface area contributed by atoms with Gasteiger partial charge in [0.05, 0.1) is 12.7 Å². The van der Waals surface area contributed by atoms with E-state index in [1.54, 1.807) is 17.8 Å². The molecule has 0 saturated carbocycles. The Kier molecular flexibility index (Phi) is 8.26. The van der Waals surface area contributed by atoms with E-state index in [0.717, 1.165) is 43.9 Å². The summed E-state index contributed by atoms with van der Waals surface area (Å²) in [7, 11) is 1.85. The van der Waals surface area contributed by atoms with Crippen LogP contribution in [0.1, 0.15) is 51.7 Å². The van der Waals surface area contributed by atoms with Gasteiger partial charge >= 0.3 is 0 Å². The van der Waals surface area contributed by atoms with Crippen LogP contribution in [-0.2, 0) is 19.1 Å². The molecule has 0 amide bonds. The first-order chi connectivity index (χ1) is 13.7. The predicted octanol–water partition coefficient (Wildman–Crippen LogP) is 3.23. The Balaban J connectivity index is 1.87. The summed E-state index contributed by atoms with van der Waals surface area (Å²) in [5.41, 5.74) is 1.27. The average Bonchev–Trinajstić information content (AvgIpc) is 3.12. The van der Waals surface area contributed by atoms with Crippen molar-refractivity contribution in [3.63, 3.8) is 0 Å². The molecule has 1 unspecified atom stereocenters. The third-order valence-corrected chi connectivity index (χ3v) is 5.10. The van der Waals surface area contributed by atoms with Gasteiger partial charge in [-0.05, 0) is 44.1 Å². The second-order valence-electron chi connectivity index (χ2n) is 8.73. The zero-order valence-electron chi connectivity index (χ0n) is 18.6. The first-order valence-electron chi connectivity index (χ1n) is 10.5. The predicted molar refractivity (Wildman–Crippen MR) is 120 cm³/mol. The minimum atomic E-state index is -1.02. The van der Waals surface area contributed by atoms with Gasteiger partial charge in [0.25, 0.3) is 0 Å². The number of hydrogen-bond acceptors (Lipinski definition) is 3. The number of nitrogens with one attached hydrogen (secondary N) is 2. The van der Waals surface area contributed by atoms with Gasteiger partial charge in [0.1, 0.15) is 5.60 Å². The van der Waals surface area contributed by atoms with Gasteiger partial charge in [-0.15, -0.1) is 0 Å². The summed E-state index contributed by atoms with van der Waals surface area (Å²) in [6, 6.07) is 10.6. The molecule has 160 valence electrons. The summed E-state index contributed by atoms with van der Waals surface area (Å²) < 4.78 is 1.70. The maximum absolute atomic E-state index is 10.8. The van der Waals surface area contributed by atoms with Crippen molar-refractivity contribution in [3.8, 4) is 0 Å². The molecule has 1 atom stereocenters. The van der Waals surface area contributed by atoms with E-state index < -0.39 is 5.60 Å². The van der Waals surface area contributed by atoms with Crippen LogP contribution in [0.3, 0.4) is 0 Å². The minimum Gasteiger partial charge on any atom is -0.383 e. The third kappa shape index (κ3) is 7.89. The Bertz CT molecular complexity index is 765. The number of aromatic nitrogens is 2. The van der Waals surface area contributed by atoms with Gasteiger partial charge < -0.3 is 15.7 Å². The molecule has 1 aromatic carbocycles. The summed E-state index contributed by atoms with van der Waals surface area (Å²) in [6.45, 7) is 10.2. The number of aliphatic hydroxyl groups is 1. The lowest BCUT2D eigenvalue weighted by Gasteiger charge is -2.25. The van der Waals surface area contributed by atoms with Gasteiger partial charge in [-0.3, -0.25) is 9.67 Å². The molecule has 0 aliphatic heterocycles. The number of aliphatic imine (C=N–C) groups is 1. The van der Waals surface area contributed by atoms with E-state index in [-0.39, 0.29) is 5.41 Å². The van der Waals surface area contributed by atoms with Crippen LogP contribution >= 0.6 is 0 Å². The number of guanidine groups is 1. The topological polar surface area (TPSA) is 74.5 Å². The van der Waals surface area contributed by atoms with Crippen molar-refractivity contribution in [1.29, 1.82) is 0 Å². The van der Waals surface area contributed by atoms with Crippen molar-refractivity contribution in [2.75, 3.05) is 19.6 Å². The highest BCUT2D eigenvalue weighted by Gasteiger charge is 2.25. The molecule has 3 N–H and O–H groups in total. The molecule has 0 bridgehead atoms. The van der Waals surface area contributed by atoms with E-state index in [2.05, 4.69) is 59.9 Å². The molecule has 0 saturated heterocycles. The monoisotopic (exact) mass is 399 g/mol. The van der Waals surface area contributed by atoms with Crippen molar-refractivity contribution in [3.05, 3.63) is 53.9 Å². The lowest BCUT2D eigenvalue weighted by atomic mass is 9.86. The maximum atomic E-state index is 10.8. The van der Waals surface area contributed by atoms with Crippen molar-refractivity contribution in [2.24, 2.45) is 17.5 Å². The SMILES string of the molecule is CCNC(=NCC(C)(C)CCCc1ccccc1)NCC(C)(O)c1cnn(C)c1. The maximum Gasteiger partial charge on any atom is 0.191 e. The molecule has 0 spiro atoms. The molecule has 2 rings (SSSR count). The number of nitrogens with zero attached hydrogens (tertiary/aromatic N) is 3. The smallest absolute Gasteiger partial charge is 0.191 e. The summed E-state index contributed by atoms with van der Waals surface area (Å²) in [6.07, 6.45) is 6.88. The molecule has 0 aliphatic rings.